The van der Waals surface area contributed by atoms with Crippen LogP contribution in [0, 0.1) is 34.5 Å². The third-order valence-corrected chi connectivity index (χ3v) is 7.56. The molecule has 2 aromatic rings. The minimum absolute atomic E-state index is 0.0729. The number of pyridine rings is 1. The number of hydrogen-bond acceptors (Lipinski definition) is 6. The molecule has 1 aromatic heterocycles. The Labute approximate surface area is 184 Å². The van der Waals surface area contributed by atoms with Gasteiger partial charge < -0.3 is 4.74 Å². The van der Waals surface area contributed by atoms with Crippen molar-refractivity contribution >= 4 is 39.9 Å². The summed E-state index contributed by atoms with van der Waals surface area (Å²) in [5, 5.41) is 19.9. The summed E-state index contributed by atoms with van der Waals surface area (Å²) in [6, 6.07) is 11.0. The molecule has 8 heteroatoms. The van der Waals surface area contributed by atoms with Crippen LogP contribution in [0.15, 0.2) is 43.1 Å². The molecule has 0 spiro atoms. The highest BCUT2D eigenvalue weighted by Gasteiger charge is 2.67. The van der Waals surface area contributed by atoms with Crippen LogP contribution in [-0.4, -0.2) is 45.2 Å². The lowest BCUT2D eigenvalue weighted by molar-refractivity contribution is -0.0437. The van der Waals surface area contributed by atoms with E-state index in [1.54, 1.807) is 30.3 Å². The van der Waals surface area contributed by atoms with Crippen molar-refractivity contribution in [2.75, 3.05) is 13.7 Å². The fraction of sp³-hybridized carbons (Fsp3) is 0.364. The van der Waals surface area contributed by atoms with Crippen LogP contribution in [0.25, 0.3) is 10.9 Å². The minimum Gasteiger partial charge on any atom is -0.497 e. The zero-order valence-electron chi connectivity index (χ0n) is 16.2. The van der Waals surface area contributed by atoms with Crippen molar-refractivity contribution in [2.24, 2.45) is 11.8 Å². The summed E-state index contributed by atoms with van der Waals surface area (Å²) in [7, 11) is 1.53. The van der Waals surface area contributed by atoms with Crippen LogP contribution >= 0.6 is 23.2 Å². The van der Waals surface area contributed by atoms with Crippen molar-refractivity contribution in [2.45, 2.75) is 22.3 Å². The number of aromatic nitrogens is 1. The van der Waals surface area contributed by atoms with Crippen LogP contribution in [0.2, 0.25) is 0 Å². The van der Waals surface area contributed by atoms with Crippen LogP contribution in [0.3, 0.4) is 0 Å². The van der Waals surface area contributed by atoms with E-state index in [9.17, 15) is 15.3 Å². The van der Waals surface area contributed by atoms with Crippen molar-refractivity contribution < 1.29 is 9.53 Å². The van der Waals surface area contributed by atoms with Gasteiger partial charge in [-0.1, -0.05) is 17.7 Å². The molecular formula is C22H18Cl2N4O2. The first-order chi connectivity index (χ1) is 14.4. The van der Waals surface area contributed by atoms with Crippen molar-refractivity contribution in [3.8, 4) is 17.9 Å². The quantitative estimate of drug-likeness (QED) is 0.310. The monoisotopic (exact) mass is 440 g/mol. The van der Waals surface area contributed by atoms with Gasteiger partial charge in [0.05, 0.1) is 24.1 Å². The number of nitrogens with zero attached hydrogens (tertiary/aromatic N) is 4. The summed E-state index contributed by atoms with van der Waals surface area (Å²) in [5.41, 5.74) is -0.696. The number of halogens is 2. The van der Waals surface area contributed by atoms with E-state index in [1.807, 2.05) is 6.07 Å². The normalized spacial score (nSPS) is 34.7. The molecule has 5 rings (SSSR count). The van der Waals surface area contributed by atoms with Crippen molar-refractivity contribution in [3.05, 3.63) is 48.7 Å². The molecular weight excluding hydrogens is 423 g/mol. The second-order valence-electron chi connectivity index (χ2n) is 7.61. The summed E-state index contributed by atoms with van der Waals surface area (Å²) < 4.78 is 5.29. The molecule has 6 nitrogen and oxygen atoms in total. The molecule has 3 aliphatic rings. The lowest BCUT2D eigenvalue weighted by atomic mass is 9.64. The van der Waals surface area contributed by atoms with E-state index in [0.717, 1.165) is 0 Å². The smallest absolute Gasteiger partial charge is 0.202 e. The molecule has 0 radical (unpaired) electrons. The maximum atomic E-state index is 13.9. The van der Waals surface area contributed by atoms with Gasteiger partial charge in [0, 0.05) is 23.7 Å². The van der Waals surface area contributed by atoms with Crippen LogP contribution in [0.1, 0.15) is 16.8 Å². The van der Waals surface area contributed by atoms with Gasteiger partial charge in [0.25, 0.3) is 0 Å². The van der Waals surface area contributed by atoms with E-state index < -0.39 is 21.7 Å². The Morgan fingerprint density at radius 3 is 2.80 bits per heavy atom. The molecule has 3 aliphatic heterocycles. The average molecular weight is 441 g/mol. The maximum absolute atomic E-state index is 13.9. The van der Waals surface area contributed by atoms with E-state index in [2.05, 4.69) is 17.6 Å². The number of nitriles is 2. The Morgan fingerprint density at radius 1 is 1.40 bits per heavy atom. The van der Waals surface area contributed by atoms with Crippen molar-refractivity contribution in [3.63, 3.8) is 0 Å². The third-order valence-electron chi connectivity index (χ3n) is 6.28. The van der Waals surface area contributed by atoms with E-state index in [0.29, 0.717) is 22.2 Å². The Morgan fingerprint density at radius 2 is 2.17 bits per heavy atom. The summed E-state index contributed by atoms with van der Waals surface area (Å²) in [5.74, 6) is -0.270. The van der Waals surface area contributed by atoms with Crippen molar-refractivity contribution in [1.29, 1.82) is 10.5 Å². The topological polar surface area (TPSA) is 90.0 Å². The van der Waals surface area contributed by atoms with E-state index >= 15 is 0 Å². The molecule has 3 fully saturated rings. The summed E-state index contributed by atoms with van der Waals surface area (Å²) in [6.45, 7) is 4.10. The van der Waals surface area contributed by atoms with Gasteiger partial charge in [0.1, 0.15) is 11.8 Å². The van der Waals surface area contributed by atoms with Crippen LogP contribution in [-0.2, 0) is 0 Å². The number of piperidine rings is 3. The third kappa shape index (κ3) is 2.65. The number of benzene rings is 1. The average Bonchev–Trinajstić information content (AvgIpc) is 2.80. The van der Waals surface area contributed by atoms with Gasteiger partial charge in [-0.2, -0.15) is 10.5 Å². The number of rotatable bonds is 4. The van der Waals surface area contributed by atoms with Gasteiger partial charge in [-0.05, 0) is 42.5 Å². The number of hydrogen-bond donors (Lipinski definition) is 0. The largest absolute Gasteiger partial charge is 0.497 e. The molecule has 4 heterocycles. The first-order valence-corrected chi connectivity index (χ1v) is 10.2. The van der Waals surface area contributed by atoms with Crippen LogP contribution in [0.4, 0.5) is 0 Å². The predicted molar refractivity (Wildman–Crippen MR) is 113 cm³/mol. The first kappa shape index (κ1) is 20.6. The number of carbonyl (C=O) groups excluding carboxylic acids is 1. The number of ketones is 1. The molecule has 3 unspecified atom stereocenters. The lowest BCUT2D eigenvalue weighted by Crippen LogP contribution is -2.75. The van der Waals surface area contributed by atoms with Gasteiger partial charge in [-0.25, -0.2) is 4.90 Å². The molecule has 3 saturated heterocycles. The molecule has 30 heavy (non-hydrogen) atoms. The van der Waals surface area contributed by atoms with Crippen LogP contribution in [0.5, 0.6) is 5.75 Å². The minimum atomic E-state index is -1.67. The van der Waals surface area contributed by atoms with E-state index in [-0.39, 0.29) is 24.8 Å². The van der Waals surface area contributed by atoms with Gasteiger partial charge >= 0.3 is 0 Å². The number of carbonyl (C=O) groups is 1. The molecule has 0 saturated carbocycles. The summed E-state index contributed by atoms with van der Waals surface area (Å²) in [4.78, 5) is 18.0. The van der Waals surface area contributed by atoms with Gasteiger partial charge in [-0.3, -0.25) is 9.78 Å². The second-order valence-corrected chi connectivity index (χ2v) is 8.65. The second kappa shape index (κ2) is 7.25. The predicted octanol–water partition coefficient (Wildman–Crippen LogP) is 3.89. The van der Waals surface area contributed by atoms with Gasteiger partial charge in [0.2, 0.25) is 5.00 Å². The van der Waals surface area contributed by atoms with E-state index in [4.69, 9.17) is 27.9 Å². The number of fused-ring (bicyclic) bond motifs is 4. The number of Topliss-reactive ketones (excluding diaryl/α,β-unsaturated/α-hetero) is 1. The molecule has 0 amide bonds. The fourth-order valence-corrected chi connectivity index (χ4v) is 5.50. The first-order valence-electron chi connectivity index (χ1n) is 9.39. The Bertz CT molecular complexity index is 1140. The summed E-state index contributed by atoms with van der Waals surface area (Å²) >= 11 is 13.2. The number of ether oxygens (including phenoxy) is 1. The standard InChI is InChI=1S/C22H18Cl2N4O2/c1-3-13-10-28-21(11-25,9-17(13)19(23)22(28,24)12-26)20(29)15-6-7-27-18-5-4-14(30-2)8-16(15)18/h3-8,13,17,19H,1,9-10H2,2H3/t13-,17-,19?,21+,22?/m0/s1. The highest BCUT2D eigenvalue weighted by atomic mass is 35.5. The summed E-state index contributed by atoms with van der Waals surface area (Å²) in [6.07, 6.45) is 3.44. The van der Waals surface area contributed by atoms with Gasteiger partial charge in [-0.15, -0.1) is 18.2 Å². The highest BCUT2D eigenvalue weighted by Crippen LogP contribution is 2.55. The maximum Gasteiger partial charge on any atom is 0.202 e. The molecule has 2 bridgehead atoms. The molecule has 6 atom stereocenters. The van der Waals surface area contributed by atoms with Gasteiger partial charge in [0.15, 0.2) is 11.3 Å². The Kier molecular flexibility index (Phi) is 4.98. The number of alkyl halides is 2. The zero-order valence-corrected chi connectivity index (χ0v) is 17.7. The molecule has 0 N–H and O–H groups in total. The molecule has 1 aromatic carbocycles. The molecule has 0 aliphatic carbocycles. The molecule has 152 valence electrons. The highest BCUT2D eigenvalue weighted by molar-refractivity contribution is 6.34. The van der Waals surface area contributed by atoms with E-state index in [1.165, 1.54) is 18.2 Å². The lowest BCUT2D eigenvalue weighted by Gasteiger charge is -2.59. The van der Waals surface area contributed by atoms with Crippen molar-refractivity contribution in [1.82, 2.24) is 9.88 Å². The Hall–Kier alpha value is -2.64. The SMILES string of the molecule is C=C[C@H]1CN2C(Cl)(C#N)C(Cl)[C@H]1C[C@@]2(C#N)C(=O)c1ccnc2ccc(OC)cc12. The fourth-order valence-electron chi connectivity index (χ4n) is 4.68. The number of methoxy groups -OCH3 is 1. The Balaban J connectivity index is 1.90. The van der Waals surface area contributed by atoms with Crippen LogP contribution < -0.4 is 4.74 Å². The zero-order chi connectivity index (χ0) is 21.7.